The van der Waals surface area contributed by atoms with Gasteiger partial charge in [0, 0.05) is 27.9 Å². The van der Waals surface area contributed by atoms with E-state index in [2.05, 4.69) is 208 Å². The third-order valence-electron chi connectivity index (χ3n) is 15.4. The van der Waals surface area contributed by atoms with E-state index in [-0.39, 0.29) is 22.9 Å². The molecule has 12 rings (SSSR count). The molecule has 306 valence electrons. The number of hydrogen-bond acceptors (Lipinski definition) is 2. The number of benzene rings is 7. The van der Waals surface area contributed by atoms with Gasteiger partial charge in [-0.3, -0.25) is 9.98 Å². The van der Waals surface area contributed by atoms with E-state index in [0.717, 1.165) is 33.7 Å². The molecule has 1 heterocycles. The van der Waals surface area contributed by atoms with Crippen molar-refractivity contribution in [1.29, 1.82) is 0 Å². The predicted octanol–water partition coefficient (Wildman–Crippen LogP) is 15.0. The molecule has 4 atom stereocenters. The summed E-state index contributed by atoms with van der Waals surface area (Å²) in [7, 11) is 0. The van der Waals surface area contributed by atoms with E-state index in [1.807, 2.05) is 0 Å². The maximum Gasteiger partial charge on any atom is 0.102 e. The highest BCUT2D eigenvalue weighted by molar-refractivity contribution is 6.54. The second-order valence-corrected chi connectivity index (χ2v) is 19.1. The minimum atomic E-state index is -0.195. The minimum Gasteiger partial charge on any atom is -0.272 e. The molecular formula is C61H52N2. The van der Waals surface area contributed by atoms with Gasteiger partial charge in [0.05, 0.1) is 11.4 Å². The second kappa shape index (κ2) is 15.0. The molecule has 1 spiro atoms. The third-order valence-corrected chi connectivity index (χ3v) is 15.4. The van der Waals surface area contributed by atoms with Crippen LogP contribution in [0.5, 0.6) is 0 Å². The number of fused-ring (bicyclic) bond motifs is 8. The second-order valence-electron chi connectivity index (χ2n) is 19.1. The lowest BCUT2D eigenvalue weighted by Crippen LogP contribution is -2.35. The zero-order valence-electron chi connectivity index (χ0n) is 36.2. The number of rotatable bonds is 6. The van der Waals surface area contributed by atoms with Crippen LogP contribution in [-0.4, -0.2) is 11.4 Å². The zero-order valence-corrected chi connectivity index (χ0v) is 36.2. The Balaban J connectivity index is 0.915. The average Bonchev–Trinajstić information content (AvgIpc) is 3.74. The SMILES string of the molecule is CC1(C)c2ccccc2-c2cc3c(cc21)[C@H]1C(c2ccc(-c4cccc(C5N=C(c6ccccc6)C(c6ccccc6)=NC5c5ccccc5)c4)cc2)=CC=CC1C31CCCCC1. The molecule has 63 heavy (non-hydrogen) atoms. The van der Waals surface area contributed by atoms with Gasteiger partial charge in [-0.1, -0.05) is 215 Å². The van der Waals surface area contributed by atoms with Crippen LogP contribution in [0, 0.1) is 5.92 Å². The van der Waals surface area contributed by atoms with Crippen LogP contribution in [-0.2, 0) is 10.8 Å². The summed E-state index contributed by atoms with van der Waals surface area (Å²) >= 11 is 0. The summed E-state index contributed by atoms with van der Waals surface area (Å²) in [5.74, 6) is 0.825. The molecule has 1 aliphatic heterocycles. The molecule has 0 bridgehead atoms. The normalized spacial score (nSPS) is 22.3. The van der Waals surface area contributed by atoms with Gasteiger partial charge in [0.25, 0.3) is 0 Å². The van der Waals surface area contributed by atoms with Gasteiger partial charge in [-0.15, -0.1) is 0 Å². The van der Waals surface area contributed by atoms with Crippen LogP contribution in [0.25, 0.3) is 27.8 Å². The maximum atomic E-state index is 5.65. The molecule has 5 aliphatic rings. The Morgan fingerprint density at radius 3 is 1.75 bits per heavy atom. The Morgan fingerprint density at radius 2 is 1.05 bits per heavy atom. The van der Waals surface area contributed by atoms with E-state index in [1.165, 1.54) is 76.6 Å². The first kappa shape index (κ1) is 38.1. The lowest BCUT2D eigenvalue weighted by Gasteiger charge is -2.41. The summed E-state index contributed by atoms with van der Waals surface area (Å²) in [6.07, 6.45) is 13.9. The number of allylic oxidation sites excluding steroid dienone is 4. The van der Waals surface area contributed by atoms with E-state index in [1.54, 1.807) is 11.1 Å². The lowest BCUT2D eigenvalue weighted by atomic mass is 9.62. The first-order valence-electron chi connectivity index (χ1n) is 23.2. The van der Waals surface area contributed by atoms with Gasteiger partial charge in [-0.2, -0.15) is 0 Å². The molecular weight excluding hydrogens is 761 g/mol. The van der Waals surface area contributed by atoms with E-state index < -0.39 is 0 Å². The molecule has 7 aromatic carbocycles. The largest absolute Gasteiger partial charge is 0.272 e. The van der Waals surface area contributed by atoms with Crippen LogP contribution in [0.3, 0.4) is 0 Å². The van der Waals surface area contributed by atoms with Gasteiger partial charge < -0.3 is 0 Å². The van der Waals surface area contributed by atoms with Crippen molar-refractivity contribution < 1.29 is 0 Å². The topological polar surface area (TPSA) is 24.7 Å². The van der Waals surface area contributed by atoms with Gasteiger partial charge >= 0.3 is 0 Å². The first-order chi connectivity index (χ1) is 31.0. The smallest absolute Gasteiger partial charge is 0.102 e. The third kappa shape index (κ3) is 6.13. The Bertz CT molecular complexity index is 3000. The van der Waals surface area contributed by atoms with E-state index in [0.29, 0.717) is 11.8 Å². The van der Waals surface area contributed by atoms with Crippen LogP contribution in [0.2, 0.25) is 0 Å². The highest BCUT2D eigenvalue weighted by atomic mass is 15.0. The summed E-state index contributed by atoms with van der Waals surface area (Å²) in [5.41, 5.74) is 20.8. The minimum absolute atomic E-state index is 0.0208. The maximum absolute atomic E-state index is 5.65. The van der Waals surface area contributed by atoms with Crippen molar-refractivity contribution in [3.8, 4) is 22.3 Å². The van der Waals surface area contributed by atoms with Gasteiger partial charge in [-0.25, -0.2) is 0 Å². The van der Waals surface area contributed by atoms with Crippen molar-refractivity contribution in [1.82, 2.24) is 0 Å². The molecule has 0 amide bonds. The van der Waals surface area contributed by atoms with E-state index in [4.69, 9.17) is 9.98 Å². The first-order valence-corrected chi connectivity index (χ1v) is 23.2. The molecule has 0 N–H and O–H groups in total. The van der Waals surface area contributed by atoms with Crippen molar-refractivity contribution in [2.45, 2.75) is 74.8 Å². The molecule has 1 saturated carbocycles. The monoisotopic (exact) mass is 812 g/mol. The standard InChI is InChI=1S/C61H52N2/c1-60(2)51-29-14-13-27-48(51)49-38-54-50(39-53(49)60)55-47(28-18-30-52(55)61(54)35-15-6-16-36-61)41-33-31-40(32-34-41)45-25-17-26-46(37-45)59-58(44-23-11-5-12-24-44)62-56(42-19-7-3-8-20-42)57(63-59)43-21-9-4-10-22-43/h3-5,7-14,17-34,37-39,52,55,58-59H,6,15-16,35-36H2,1-2H3/t52?,55-,58?,59?/m1/s1. The fourth-order valence-electron chi connectivity index (χ4n) is 12.3. The van der Waals surface area contributed by atoms with Crippen molar-refractivity contribution in [3.05, 3.63) is 244 Å². The molecule has 2 heteroatoms. The van der Waals surface area contributed by atoms with Crippen molar-refractivity contribution in [2.24, 2.45) is 15.9 Å². The lowest BCUT2D eigenvalue weighted by molar-refractivity contribution is 0.235. The highest BCUT2D eigenvalue weighted by Crippen LogP contribution is 2.64. The molecule has 0 radical (unpaired) electrons. The summed E-state index contributed by atoms with van der Waals surface area (Å²) in [6.45, 7) is 4.86. The number of hydrogen-bond donors (Lipinski definition) is 0. The molecule has 7 aromatic rings. The Hall–Kier alpha value is -6.64. The number of aliphatic imine (C=N–C) groups is 2. The molecule has 0 saturated heterocycles. The van der Waals surface area contributed by atoms with Gasteiger partial charge in [0.2, 0.25) is 0 Å². The zero-order chi connectivity index (χ0) is 42.1. The summed E-state index contributed by atoms with van der Waals surface area (Å²) in [5, 5.41) is 0. The quantitative estimate of drug-likeness (QED) is 0.160. The predicted molar refractivity (Wildman–Crippen MR) is 262 cm³/mol. The van der Waals surface area contributed by atoms with Crippen molar-refractivity contribution in [3.63, 3.8) is 0 Å². The fourth-order valence-corrected chi connectivity index (χ4v) is 12.3. The highest BCUT2D eigenvalue weighted by Gasteiger charge is 2.54. The van der Waals surface area contributed by atoms with Gasteiger partial charge in [0.1, 0.15) is 12.1 Å². The Labute approximate surface area is 372 Å². The fraction of sp³-hybridized carbons (Fsp3) is 0.213. The average molecular weight is 813 g/mol. The van der Waals surface area contributed by atoms with Crippen molar-refractivity contribution in [2.75, 3.05) is 0 Å². The summed E-state index contributed by atoms with van der Waals surface area (Å²) < 4.78 is 0. The summed E-state index contributed by atoms with van der Waals surface area (Å²) in [6, 6.07) is 64.4. The molecule has 4 aliphatic carbocycles. The Morgan fingerprint density at radius 1 is 0.460 bits per heavy atom. The molecule has 0 aromatic heterocycles. The van der Waals surface area contributed by atoms with Crippen LogP contribution >= 0.6 is 0 Å². The van der Waals surface area contributed by atoms with Gasteiger partial charge in [0.15, 0.2) is 0 Å². The van der Waals surface area contributed by atoms with Crippen LogP contribution in [0.1, 0.15) is 114 Å². The van der Waals surface area contributed by atoms with E-state index in [9.17, 15) is 0 Å². The van der Waals surface area contributed by atoms with E-state index >= 15 is 0 Å². The molecule has 3 unspecified atom stereocenters. The Kier molecular flexibility index (Phi) is 9.08. The molecule has 1 fully saturated rings. The molecule has 2 nitrogen and oxygen atoms in total. The van der Waals surface area contributed by atoms with Crippen LogP contribution < -0.4 is 0 Å². The summed E-state index contributed by atoms with van der Waals surface area (Å²) in [4.78, 5) is 11.2. The van der Waals surface area contributed by atoms with Gasteiger partial charge in [-0.05, 0) is 97.7 Å². The van der Waals surface area contributed by atoms with Crippen molar-refractivity contribution >= 4 is 17.0 Å². The van der Waals surface area contributed by atoms with Crippen LogP contribution in [0.15, 0.2) is 204 Å². The number of nitrogens with zero attached hydrogens (tertiary/aromatic N) is 2. The van der Waals surface area contributed by atoms with Crippen LogP contribution in [0.4, 0.5) is 0 Å².